The van der Waals surface area contributed by atoms with Gasteiger partial charge in [-0.05, 0) is 6.42 Å². The van der Waals surface area contributed by atoms with Crippen molar-refractivity contribution in [1.29, 1.82) is 0 Å². The van der Waals surface area contributed by atoms with Gasteiger partial charge in [0.15, 0.2) is 17.4 Å². The Hall–Kier alpha value is 0.162. The van der Waals surface area contributed by atoms with E-state index in [2.05, 4.69) is 36.2 Å². The molecule has 0 fully saturated rings. The normalized spacial score (nSPS) is 14.2. The zero-order valence-corrected chi connectivity index (χ0v) is 8.10. The average Bonchev–Trinajstić information content (AvgIpc) is 2.31. The van der Waals surface area contributed by atoms with E-state index in [-0.39, 0.29) is 29.8 Å². The lowest BCUT2D eigenvalue weighted by Gasteiger charge is -2.17. The maximum absolute atomic E-state index is 2.34. The van der Waals surface area contributed by atoms with Crippen LogP contribution in [0.25, 0.3) is 0 Å². The second-order valence-corrected chi connectivity index (χ2v) is 2.86. The molecule has 0 radical (unpaired) electrons. The molecule has 0 amide bonds. The van der Waals surface area contributed by atoms with Crippen molar-refractivity contribution < 1.29 is 0 Å². The minimum atomic E-state index is 0. The van der Waals surface area contributed by atoms with Crippen molar-refractivity contribution in [2.45, 2.75) is 19.8 Å². The number of unbranched alkanes of at least 4 members (excludes halogenated alkanes) is 1. The Morgan fingerprint density at radius 1 is 1.33 bits per heavy atom. The third-order valence-electron chi connectivity index (χ3n) is 1.74. The highest BCUT2D eigenvalue weighted by molar-refractivity contribution is 5.85. The Kier molecular flexibility index (Phi) is 9.53. The van der Waals surface area contributed by atoms with E-state index >= 15 is 0 Å². The summed E-state index contributed by atoms with van der Waals surface area (Å²) < 4.78 is 0. The lowest BCUT2D eigenvalue weighted by molar-refractivity contribution is 0.293. The van der Waals surface area contributed by atoms with Crippen LogP contribution in [0, 0.1) is 0 Å². The molecule has 0 N–H and O–H groups in total. The van der Waals surface area contributed by atoms with Gasteiger partial charge < -0.3 is 9.80 Å². The predicted octanol–water partition coefficient (Wildman–Crippen LogP) is 0.700. The molecule has 2 nitrogen and oxygen atoms in total. The maximum Gasteiger partial charge on any atom is 0.187 e. The van der Waals surface area contributed by atoms with Crippen LogP contribution in [-0.4, -0.2) is 47.4 Å². The van der Waals surface area contributed by atoms with E-state index < -0.39 is 0 Å². The summed E-state index contributed by atoms with van der Waals surface area (Å²) >= 11 is 0. The maximum atomic E-state index is 2.34. The molecule has 0 bridgehead atoms. The van der Waals surface area contributed by atoms with Crippen LogP contribution in [-0.2, 0) is 0 Å². The van der Waals surface area contributed by atoms with E-state index in [1.54, 1.807) is 0 Å². The number of nitrogens with zero attached hydrogens (tertiary/aromatic N) is 2. The molecular weight excluding hydrogens is 187 g/mol. The summed E-state index contributed by atoms with van der Waals surface area (Å²) in [5.41, 5.74) is 0. The molecule has 0 aromatic heterocycles. The fraction of sp³-hybridized carbons (Fsp3) is 0.750. The summed E-state index contributed by atoms with van der Waals surface area (Å²) in [6, 6.07) is 0. The summed E-state index contributed by atoms with van der Waals surface area (Å²) in [6.45, 7) is 4.50. The molecule has 1 aliphatic rings. The van der Waals surface area contributed by atoms with Gasteiger partial charge in [-0.15, -0.1) is 12.4 Å². The highest BCUT2D eigenvalue weighted by atomic mass is 35.5. The van der Waals surface area contributed by atoms with Gasteiger partial charge in [-0.2, -0.15) is 0 Å². The lowest BCUT2D eigenvalue weighted by Crippen LogP contribution is -2.23. The molecule has 0 spiro atoms. The molecule has 1 aliphatic heterocycles. The number of halogens is 1. The molecule has 12 heavy (non-hydrogen) atoms. The minimum Gasteiger partial charge on any atom is -0.362 e. The Bertz CT molecular complexity index is 130. The van der Waals surface area contributed by atoms with Crippen LogP contribution in [0.4, 0.5) is 0 Å². The van der Waals surface area contributed by atoms with Crippen LogP contribution in [0.15, 0.2) is 12.4 Å². The zero-order chi connectivity index (χ0) is 7.40. The first kappa shape index (κ1) is 14.7. The SMILES string of the molecule is CCCCN1C=CN(C)C1.Cl.[AlH3]. The molecule has 0 aromatic carbocycles. The van der Waals surface area contributed by atoms with Gasteiger partial charge in [-0.3, -0.25) is 0 Å². The van der Waals surface area contributed by atoms with Gasteiger partial charge in [0.1, 0.15) is 0 Å². The first-order valence-corrected chi connectivity index (χ1v) is 3.95. The second kappa shape index (κ2) is 7.79. The van der Waals surface area contributed by atoms with Gasteiger partial charge in [0, 0.05) is 26.0 Å². The smallest absolute Gasteiger partial charge is 0.187 e. The summed E-state index contributed by atoms with van der Waals surface area (Å²) in [4.78, 5) is 4.53. The van der Waals surface area contributed by atoms with E-state index in [4.69, 9.17) is 0 Å². The average molecular weight is 207 g/mol. The topological polar surface area (TPSA) is 6.48 Å². The van der Waals surface area contributed by atoms with Crippen molar-refractivity contribution in [3.05, 3.63) is 12.4 Å². The van der Waals surface area contributed by atoms with Crippen molar-refractivity contribution in [1.82, 2.24) is 9.80 Å². The first-order chi connectivity index (χ1) is 4.83. The molecule has 0 saturated carbocycles. The van der Waals surface area contributed by atoms with Crippen molar-refractivity contribution in [3.8, 4) is 0 Å². The van der Waals surface area contributed by atoms with Gasteiger partial charge in [-0.1, -0.05) is 13.3 Å². The Morgan fingerprint density at radius 3 is 2.42 bits per heavy atom. The fourth-order valence-corrected chi connectivity index (χ4v) is 1.10. The highest BCUT2D eigenvalue weighted by Crippen LogP contribution is 2.04. The number of hydrogen-bond donors (Lipinski definition) is 0. The molecule has 0 atom stereocenters. The van der Waals surface area contributed by atoms with Crippen molar-refractivity contribution in [2.24, 2.45) is 0 Å². The largest absolute Gasteiger partial charge is 0.362 e. The molecule has 0 unspecified atom stereocenters. The summed E-state index contributed by atoms with van der Waals surface area (Å²) in [5.74, 6) is 0. The van der Waals surface area contributed by atoms with Gasteiger partial charge in [-0.25, -0.2) is 0 Å². The minimum absolute atomic E-state index is 0. The van der Waals surface area contributed by atoms with Crippen LogP contribution < -0.4 is 0 Å². The van der Waals surface area contributed by atoms with E-state index in [0.717, 1.165) is 6.67 Å². The molecular formula is C8H20AlClN2. The van der Waals surface area contributed by atoms with E-state index in [0.29, 0.717) is 0 Å². The molecule has 0 aromatic rings. The van der Waals surface area contributed by atoms with Gasteiger partial charge >= 0.3 is 0 Å². The lowest BCUT2D eigenvalue weighted by atomic mass is 10.3. The van der Waals surface area contributed by atoms with Crippen LogP contribution in [0.5, 0.6) is 0 Å². The standard InChI is InChI=1S/C8H16N2.Al.ClH.3H/c1-3-4-5-10-7-6-9(2)8-10;;;;;/h6-7H,3-5,8H2,1-2H3;;1H;;;. The first-order valence-electron chi connectivity index (χ1n) is 3.95. The van der Waals surface area contributed by atoms with Crippen molar-refractivity contribution >= 4 is 29.8 Å². The fourth-order valence-electron chi connectivity index (χ4n) is 1.10. The molecule has 0 saturated heterocycles. The number of hydrogen-bond acceptors (Lipinski definition) is 2. The molecule has 0 aliphatic carbocycles. The van der Waals surface area contributed by atoms with E-state index in [1.807, 2.05) is 0 Å². The Morgan fingerprint density at radius 2 is 2.00 bits per heavy atom. The van der Waals surface area contributed by atoms with Crippen LogP contribution in [0.2, 0.25) is 0 Å². The Balaban J connectivity index is 0. The zero-order valence-electron chi connectivity index (χ0n) is 7.29. The van der Waals surface area contributed by atoms with Crippen LogP contribution in [0.1, 0.15) is 19.8 Å². The number of rotatable bonds is 3. The summed E-state index contributed by atoms with van der Waals surface area (Å²) in [7, 11) is 2.10. The van der Waals surface area contributed by atoms with Gasteiger partial charge in [0.25, 0.3) is 0 Å². The molecule has 72 valence electrons. The second-order valence-electron chi connectivity index (χ2n) is 2.86. The highest BCUT2D eigenvalue weighted by Gasteiger charge is 2.05. The Labute approximate surface area is 92.1 Å². The van der Waals surface area contributed by atoms with Crippen LogP contribution >= 0.6 is 12.4 Å². The van der Waals surface area contributed by atoms with E-state index in [9.17, 15) is 0 Å². The van der Waals surface area contributed by atoms with Gasteiger partial charge in [0.2, 0.25) is 0 Å². The van der Waals surface area contributed by atoms with Crippen LogP contribution in [0.3, 0.4) is 0 Å². The van der Waals surface area contributed by atoms with Crippen molar-refractivity contribution in [2.75, 3.05) is 20.3 Å². The predicted molar refractivity (Wildman–Crippen MR) is 60.6 cm³/mol. The quantitative estimate of drug-likeness (QED) is 0.628. The monoisotopic (exact) mass is 206 g/mol. The van der Waals surface area contributed by atoms with E-state index in [1.165, 1.54) is 19.4 Å². The third-order valence-corrected chi connectivity index (χ3v) is 1.74. The molecule has 4 heteroatoms. The molecule has 1 heterocycles. The summed E-state index contributed by atoms with van der Waals surface area (Å²) in [5, 5.41) is 0. The van der Waals surface area contributed by atoms with Gasteiger partial charge in [0.05, 0.1) is 6.67 Å². The third kappa shape index (κ3) is 4.92. The van der Waals surface area contributed by atoms with Crippen molar-refractivity contribution in [3.63, 3.8) is 0 Å². The molecule has 1 rings (SSSR count). The summed E-state index contributed by atoms with van der Waals surface area (Å²) in [6.07, 6.45) is 6.87.